The van der Waals surface area contributed by atoms with Crippen molar-refractivity contribution in [3.05, 3.63) is 30.5 Å². The van der Waals surface area contributed by atoms with E-state index in [-0.39, 0.29) is 0 Å². The first-order chi connectivity index (χ1) is 9.63. The molecule has 1 saturated heterocycles. The number of benzene rings is 1. The summed E-state index contributed by atoms with van der Waals surface area (Å²) in [7, 11) is 0. The third kappa shape index (κ3) is 2.21. The van der Waals surface area contributed by atoms with E-state index in [1.807, 2.05) is 12.3 Å². The molecule has 0 bridgehead atoms. The highest BCUT2D eigenvalue weighted by Crippen LogP contribution is 2.38. The van der Waals surface area contributed by atoms with Crippen molar-refractivity contribution in [2.75, 3.05) is 23.7 Å². The highest BCUT2D eigenvalue weighted by molar-refractivity contribution is 5.97. The Hall–Kier alpha value is -1.77. The van der Waals surface area contributed by atoms with Crippen molar-refractivity contribution in [3.8, 4) is 0 Å². The lowest BCUT2D eigenvalue weighted by atomic mass is 9.78. The number of nitrogens with two attached hydrogens (primary N) is 1. The Morgan fingerprint density at radius 2 is 2.00 bits per heavy atom. The van der Waals surface area contributed by atoms with Crippen molar-refractivity contribution in [1.82, 2.24) is 4.98 Å². The third-order valence-electron chi connectivity index (χ3n) is 4.97. The molecule has 3 nitrogen and oxygen atoms in total. The second-order valence-corrected chi connectivity index (χ2v) is 6.22. The third-order valence-corrected chi connectivity index (χ3v) is 4.97. The van der Waals surface area contributed by atoms with Gasteiger partial charge in [-0.1, -0.05) is 20.3 Å². The molecule has 0 spiro atoms. The van der Waals surface area contributed by atoms with E-state index >= 15 is 0 Å². The smallest absolute Gasteiger partial charge is 0.0724 e. The van der Waals surface area contributed by atoms with E-state index in [1.54, 1.807) is 0 Å². The van der Waals surface area contributed by atoms with Gasteiger partial charge in [-0.15, -0.1) is 0 Å². The average molecular weight is 269 g/mol. The minimum Gasteiger partial charge on any atom is -0.396 e. The van der Waals surface area contributed by atoms with Crippen LogP contribution in [0, 0.1) is 5.41 Å². The fourth-order valence-corrected chi connectivity index (χ4v) is 3.08. The molecule has 20 heavy (non-hydrogen) atoms. The van der Waals surface area contributed by atoms with Crippen molar-refractivity contribution in [1.29, 1.82) is 0 Å². The van der Waals surface area contributed by atoms with Crippen LogP contribution in [0.25, 0.3) is 10.9 Å². The summed E-state index contributed by atoms with van der Waals surface area (Å²) >= 11 is 0. The topological polar surface area (TPSA) is 42.2 Å². The van der Waals surface area contributed by atoms with Gasteiger partial charge in [0.2, 0.25) is 0 Å². The molecule has 2 aromatic rings. The van der Waals surface area contributed by atoms with Crippen molar-refractivity contribution < 1.29 is 0 Å². The van der Waals surface area contributed by atoms with Crippen LogP contribution in [0.1, 0.15) is 33.1 Å². The van der Waals surface area contributed by atoms with E-state index in [4.69, 9.17) is 5.73 Å². The molecule has 1 aliphatic rings. The molecule has 1 aliphatic heterocycles. The first-order valence-corrected chi connectivity index (χ1v) is 7.51. The number of anilines is 2. The van der Waals surface area contributed by atoms with Crippen LogP contribution in [0.15, 0.2) is 30.5 Å². The zero-order chi connectivity index (χ0) is 14.2. The molecule has 0 aliphatic carbocycles. The molecule has 1 fully saturated rings. The number of pyridine rings is 1. The molecular formula is C17H23N3. The van der Waals surface area contributed by atoms with Crippen LogP contribution in [0.2, 0.25) is 0 Å². The molecule has 2 N–H and O–H groups in total. The number of fused-ring (bicyclic) bond motifs is 1. The highest BCUT2D eigenvalue weighted by atomic mass is 15.1. The molecular weight excluding hydrogens is 246 g/mol. The fourth-order valence-electron chi connectivity index (χ4n) is 3.08. The molecule has 0 radical (unpaired) electrons. The molecule has 1 aromatic carbocycles. The minimum absolute atomic E-state index is 0.504. The van der Waals surface area contributed by atoms with Gasteiger partial charge in [0.1, 0.15) is 0 Å². The molecule has 2 heterocycles. The Balaban J connectivity index is 1.90. The second kappa shape index (κ2) is 4.97. The Kier molecular flexibility index (Phi) is 3.28. The Labute approximate surface area is 120 Å². The molecule has 3 heteroatoms. The SMILES string of the molecule is CCC1(C)CCN(c2ccc3ncccc3c2N)CC1. The maximum Gasteiger partial charge on any atom is 0.0724 e. The molecule has 0 atom stereocenters. The van der Waals surface area contributed by atoms with Gasteiger partial charge in [0.25, 0.3) is 0 Å². The van der Waals surface area contributed by atoms with E-state index in [2.05, 4.69) is 41.9 Å². The number of nitrogen functional groups attached to an aromatic ring is 1. The van der Waals surface area contributed by atoms with Gasteiger partial charge in [0.05, 0.1) is 16.9 Å². The summed E-state index contributed by atoms with van der Waals surface area (Å²) in [6.07, 6.45) is 5.56. The first-order valence-electron chi connectivity index (χ1n) is 7.51. The van der Waals surface area contributed by atoms with Crippen molar-refractivity contribution in [3.63, 3.8) is 0 Å². The normalized spacial score (nSPS) is 18.4. The van der Waals surface area contributed by atoms with Crippen molar-refractivity contribution >= 4 is 22.3 Å². The number of hydrogen-bond donors (Lipinski definition) is 1. The van der Waals surface area contributed by atoms with Gasteiger partial charge in [-0.05, 0) is 42.5 Å². The van der Waals surface area contributed by atoms with E-state index in [0.29, 0.717) is 5.41 Å². The van der Waals surface area contributed by atoms with E-state index < -0.39 is 0 Å². The molecule has 0 unspecified atom stereocenters. The summed E-state index contributed by atoms with van der Waals surface area (Å²) in [4.78, 5) is 6.80. The van der Waals surface area contributed by atoms with Gasteiger partial charge >= 0.3 is 0 Å². The average Bonchev–Trinajstić information content (AvgIpc) is 2.49. The maximum atomic E-state index is 6.37. The second-order valence-electron chi connectivity index (χ2n) is 6.22. The standard InChI is InChI=1S/C17H23N3/c1-3-17(2)8-11-20(12-9-17)15-7-6-14-13(16(15)18)5-4-10-19-14/h4-7,10H,3,8-9,11-12,18H2,1-2H3. The van der Waals surface area contributed by atoms with Crippen LogP contribution in [0.5, 0.6) is 0 Å². The Morgan fingerprint density at radius 1 is 1.25 bits per heavy atom. The lowest BCUT2D eigenvalue weighted by Crippen LogP contribution is -2.38. The molecule has 1 aromatic heterocycles. The van der Waals surface area contributed by atoms with Gasteiger partial charge in [-0.2, -0.15) is 0 Å². The zero-order valence-corrected chi connectivity index (χ0v) is 12.4. The summed E-state index contributed by atoms with van der Waals surface area (Å²) in [5.74, 6) is 0. The molecule has 0 amide bonds. The fraction of sp³-hybridized carbons (Fsp3) is 0.471. The van der Waals surface area contributed by atoms with Crippen molar-refractivity contribution in [2.24, 2.45) is 5.41 Å². The van der Waals surface area contributed by atoms with E-state index in [1.165, 1.54) is 24.9 Å². The lowest BCUT2D eigenvalue weighted by molar-refractivity contribution is 0.238. The van der Waals surface area contributed by atoms with Crippen LogP contribution in [0.3, 0.4) is 0 Å². The lowest BCUT2D eigenvalue weighted by Gasteiger charge is -2.40. The van der Waals surface area contributed by atoms with Crippen LogP contribution < -0.4 is 10.6 Å². The summed E-state index contributed by atoms with van der Waals surface area (Å²) in [5, 5.41) is 1.06. The van der Waals surface area contributed by atoms with Crippen LogP contribution in [0.4, 0.5) is 11.4 Å². The van der Waals surface area contributed by atoms with E-state index in [0.717, 1.165) is 29.7 Å². The predicted molar refractivity (Wildman–Crippen MR) is 86.0 cm³/mol. The zero-order valence-electron chi connectivity index (χ0n) is 12.4. The van der Waals surface area contributed by atoms with Crippen LogP contribution in [-0.2, 0) is 0 Å². The van der Waals surface area contributed by atoms with Gasteiger partial charge in [-0.25, -0.2) is 0 Å². The monoisotopic (exact) mass is 269 g/mol. The maximum absolute atomic E-state index is 6.37. The van der Waals surface area contributed by atoms with Crippen LogP contribution >= 0.6 is 0 Å². The highest BCUT2D eigenvalue weighted by Gasteiger charge is 2.29. The van der Waals surface area contributed by atoms with Crippen LogP contribution in [-0.4, -0.2) is 18.1 Å². The minimum atomic E-state index is 0.504. The van der Waals surface area contributed by atoms with Gasteiger partial charge in [0.15, 0.2) is 0 Å². The van der Waals surface area contributed by atoms with Gasteiger partial charge < -0.3 is 10.6 Å². The number of hydrogen-bond acceptors (Lipinski definition) is 3. The van der Waals surface area contributed by atoms with E-state index in [9.17, 15) is 0 Å². The first kappa shape index (κ1) is 13.2. The summed E-state index contributed by atoms with van der Waals surface area (Å²) in [6.45, 7) is 6.89. The summed E-state index contributed by atoms with van der Waals surface area (Å²) in [6, 6.07) is 8.21. The van der Waals surface area contributed by atoms with Crippen molar-refractivity contribution in [2.45, 2.75) is 33.1 Å². The quantitative estimate of drug-likeness (QED) is 0.842. The number of nitrogens with zero attached hydrogens (tertiary/aromatic N) is 2. The summed E-state index contributed by atoms with van der Waals surface area (Å²) in [5.41, 5.74) is 9.89. The summed E-state index contributed by atoms with van der Waals surface area (Å²) < 4.78 is 0. The predicted octanol–water partition coefficient (Wildman–Crippen LogP) is 3.83. The Morgan fingerprint density at radius 3 is 2.70 bits per heavy atom. The number of aromatic nitrogens is 1. The van der Waals surface area contributed by atoms with Gasteiger partial charge in [-0.3, -0.25) is 4.98 Å². The number of piperidine rings is 1. The molecule has 3 rings (SSSR count). The Bertz CT molecular complexity index is 613. The molecule has 0 saturated carbocycles. The number of rotatable bonds is 2. The largest absolute Gasteiger partial charge is 0.396 e. The molecule has 106 valence electrons. The van der Waals surface area contributed by atoms with Gasteiger partial charge in [0, 0.05) is 24.7 Å².